The van der Waals surface area contributed by atoms with Gasteiger partial charge in [0.1, 0.15) is 5.60 Å². The van der Waals surface area contributed by atoms with E-state index in [1.807, 2.05) is 6.07 Å². The number of fused-ring (bicyclic) bond motifs is 1. The average molecular weight is 219 g/mol. The largest absolute Gasteiger partial charge is 0.384 e. The van der Waals surface area contributed by atoms with Gasteiger partial charge in [0.15, 0.2) is 0 Å². The summed E-state index contributed by atoms with van der Waals surface area (Å²) in [6.07, 6.45) is 3.04. The Balaban J connectivity index is 2.22. The standard InChI is InChI=1S/C14H21NO/c1-11(2)15-10-14(16)9-5-7-12-6-3-4-8-13(12)14/h3-4,6,8,11,15-16H,5,7,9-10H2,1-2H3. The van der Waals surface area contributed by atoms with Crippen molar-refractivity contribution in [2.45, 2.75) is 44.8 Å². The molecule has 1 atom stereocenters. The molecule has 2 heteroatoms. The molecular weight excluding hydrogens is 198 g/mol. The normalized spacial score (nSPS) is 24.5. The van der Waals surface area contributed by atoms with Gasteiger partial charge in [-0.05, 0) is 30.4 Å². The Morgan fingerprint density at radius 3 is 2.88 bits per heavy atom. The molecule has 0 aromatic heterocycles. The SMILES string of the molecule is CC(C)NCC1(O)CCCc2ccccc21. The van der Waals surface area contributed by atoms with Gasteiger partial charge in [0, 0.05) is 12.6 Å². The topological polar surface area (TPSA) is 32.3 Å². The van der Waals surface area contributed by atoms with Gasteiger partial charge in [0.25, 0.3) is 0 Å². The fourth-order valence-corrected chi connectivity index (χ4v) is 2.45. The van der Waals surface area contributed by atoms with Crippen LogP contribution in [0.15, 0.2) is 24.3 Å². The molecule has 2 N–H and O–H groups in total. The predicted octanol–water partition coefficient (Wildman–Crippen LogP) is 2.21. The number of hydrogen-bond acceptors (Lipinski definition) is 2. The third kappa shape index (κ3) is 2.28. The van der Waals surface area contributed by atoms with Crippen molar-refractivity contribution in [3.05, 3.63) is 35.4 Å². The summed E-state index contributed by atoms with van der Waals surface area (Å²) < 4.78 is 0. The molecule has 0 saturated carbocycles. The second-order valence-corrected chi connectivity index (χ2v) is 5.08. The van der Waals surface area contributed by atoms with Gasteiger partial charge in [0.2, 0.25) is 0 Å². The van der Waals surface area contributed by atoms with E-state index in [2.05, 4.69) is 37.4 Å². The van der Waals surface area contributed by atoms with Crippen LogP contribution >= 0.6 is 0 Å². The van der Waals surface area contributed by atoms with Crippen LogP contribution in [0.5, 0.6) is 0 Å². The average Bonchev–Trinajstić information content (AvgIpc) is 2.27. The molecule has 1 aliphatic rings. The monoisotopic (exact) mass is 219 g/mol. The number of aliphatic hydroxyl groups is 1. The van der Waals surface area contributed by atoms with Crippen molar-refractivity contribution in [2.24, 2.45) is 0 Å². The van der Waals surface area contributed by atoms with Gasteiger partial charge in [0.05, 0.1) is 0 Å². The second-order valence-electron chi connectivity index (χ2n) is 5.08. The van der Waals surface area contributed by atoms with Crippen molar-refractivity contribution in [2.75, 3.05) is 6.54 Å². The first-order chi connectivity index (χ1) is 7.62. The van der Waals surface area contributed by atoms with Gasteiger partial charge < -0.3 is 10.4 Å². The van der Waals surface area contributed by atoms with E-state index in [0.717, 1.165) is 24.8 Å². The second kappa shape index (κ2) is 4.56. The molecule has 0 radical (unpaired) electrons. The number of rotatable bonds is 3. The van der Waals surface area contributed by atoms with Gasteiger partial charge in [-0.1, -0.05) is 38.1 Å². The third-order valence-electron chi connectivity index (χ3n) is 3.36. The lowest BCUT2D eigenvalue weighted by Gasteiger charge is -2.35. The van der Waals surface area contributed by atoms with Crippen LogP contribution in [-0.4, -0.2) is 17.7 Å². The summed E-state index contributed by atoms with van der Waals surface area (Å²) in [7, 11) is 0. The zero-order valence-electron chi connectivity index (χ0n) is 10.2. The summed E-state index contributed by atoms with van der Waals surface area (Å²) in [5.74, 6) is 0. The molecule has 2 nitrogen and oxygen atoms in total. The zero-order chi connectivity index (χ0) is 11.6. The molecule has 0 heterocycles. The third-order valence-corrected chi connectivity index (χ3v) is 3.36. The van der Waals surface area contributed by atoms with Gasteiger partial charge in [-0.25, -0.2) is 0 Å². The van der Waals surface area contributed by atoms with Gasteiger partial charge in [-0.15, -0.1) is 0 Å². The number of benzene rings is 1. The van der Waals surface area contributed by atoms with Crippen molar-refractivity contribution in [1.29, 1.82) is 0 Å². The van der Waals surface area contributed by atoms with Crippen LogP contribution in [0, 0.1) is 0 Å². The van der Waals surface area contributed by atoms with E-state index in [1.165, 1.54) is 5.56 Å². The van der Waals surface area contributed by atoms with Crippen molar-refractivity contribution >= 4 is 0 Å². The van der Waals surface area contributed by atoms with Crippen LogP contribution in [-0.2, 0) is 12.0 Å². The maximum atomic E-state index is 10.7. The fraction of sp³-hybridized carbons (Fsp3) is 0.571. The predicted molar refractivity (Wildman–Crippen MR) is 66.4 cm³/mol. The number of nitrogens with one attached hydrogen (secondary N) is 1. The quantitative estimate of drug-likeness (QED) is 0.817. The maximum Gasteiger partial charge on any atom is 0.102 e. The van der Waals surface area contributed by atoms with E-state index in [-0.39, 0.29) is 0 Å². The van der Waals surface area contributed by atoms with Gasteiger partial charge in [-0.2, -0.15) is 0 Å². The molecule has 0 saturated heterocycles. The minimum absolute atomic E-state index is 0.415. The molecule has 88 valence electrons. The highest BCUT2D eigenvalue weighted by Gasteiger charge is 2.33. The van der Waals surface area contributed by atoms with Crippen molar-refractivity contribution in [3.8, 4) is 0 Å². The number of aryl methyl sites for hydroxylation is 1. The highest BCUT2D eigenvalue weighted by Crippen LogP contribution is 2.34. The Morgan fingerprint density at radius 2 is 2.12 bits per heavy atom. The number of hydrogen-bond donors (Lipinski definition) is 2. The van der Waals surface area contributed by atoms with Crippen LogP contribution in [0.25, 0.3) is 0 Å². The highest BCUT2D eigenvalue weighted by atomic mass is 16.3. The molecule has 1 aliphatic carbocycles. The van der Waals surface area contributed by atoms with Crippen molar-refractivity contribution in [3.63, 3.8) is 0 Å². The van der Waals surface area contributed by atoms with Crippen molar-refractivity contribution in [1.82, 2.24) is 5.32 Å². The van der Waals surface area contributed by atoms with E-state index in [9.17, 15) is 5.11 Å². The Labute approximate surface area is 97.7 Å². The summed E-state index contributed by atoms with van der Waals surface area (Å²) in [5, 5.41) is 14.1. The molecule has 1 aromatic rings. The van der Waals surface area contributed by atoms with E-state index in [0.29, 0.717) is 12.6 Å². The molecule has 2 rings (SSSR count). The first-order valence-electron chi connectivity index (χ1n) is 6.16. The molecule has 0 bridgehead atoms. The zero-order valence-corrected chi connectivity index (χ0v) is 10.2. The minimum atomic E-state index is -0.668. The Kier molecular flexibility index (Phi) is 3.31. The summed E-state index contributed by atoms with van der Waals surface area (Å²) in [6, 6.07) is 8.69. The lowest BCUT2D eigenvalue weighted by molar-refractivity contribution is 0.0175. The lowest BCUT2D eigenvalue weighted by atomic mass is 9.79. The summed E-state index contributed by atoms with van der Waals surface area (Å²) >= 11 is 0. The molecule has 0 amide bonds. The minimum Gasteiger partial charge on any atom is -0.384 e. The summed E-state index contributed by atoms with van der Waals surface area (Å²) in [5.41, 5.74) is 1.76. The lowest BCUT2D eigenvalue weighted by Crippen LogP contribution is -2.43. The molecular formula is C14H21NO. The van der Waals surface area contributed by atoms with Crippen LogP contribution in [0.2, 0.25) is 0 Å². The van der Waals surface area contributed by atoms with E-state index < -0.39 is 5.60 Å². The van der Waals surface area contributed by atoms with E-state index >= 15 is 0 Å². The Hall–Kier alpha value is -0.860. The summed E-state index contributed by atoms with van der Waals surface area (Å²) in [6.45, 7) is 4.87. The first kappa shape index (κ1) is 11.6. The van der Waals surface area contributed by atoms with Gasteiger partial charge >= 0.3 is 0 Å². The van der Waals surface area contributed by atoms with Crippen molar-refractivity contribution < 1.29 is 5.11 Å². The fourth-order valence-electron chi connectivity index (χ4n) is 2.45. The van der Waals surface area contributed by atoms with Gasteiger partial charge in [-0.3, -0.25) is 0 Å². The highest BCUT2D eigenvalue weighted by molar-refractivity contribution is 5.35. The Morgan fingerprint density at radius 1 is 1.38 bits per heavy atom. The maximum absolute atomic E-state index is 10.7. The molecule has 16 heavy (non-hydrogen) atoms. The van der Waals surface area contributed by atoms with E-state index in [4.69, 9.17) is 0 Å². The van der Waals surface area contributed by atoms with Crippen LogP contribution in [0.3, 0.4) is 0 Å². The smallest absolute Gasteiger partial charge is 0.102 e. The molecule has 1 aromatic carbocycles. The van der Waals surface area contributed by atoms with Crippen LogP contribution in [0.1, 0.15) is 37.8 Å². The van der Waals surface area contributed by atoms with Crippen LogP contribution < -0.4 is 5.32 Å². The molecule has 1 unspecified atom stereocenters. The Bertz CT molecular complexity index is 362. The molecule has 0 fully saturated rings. The first-order valence-corrected chi connectivity index (χ1v) is 6.16. The molecule has 0 aliphatic heterocycles. The summed E-state index contributed by atoms with van der Waals surface area (Å²) in [4.78, 5) is 0. The molecule has 0 spiro atoms. The van der Waals surface area contributed by atoms with Crippen LogP contribution in [0.4, 0.5) is 0 Å². The van der Waals surface area contributed by atoms with E-state index in [1.54, 1.807) is 0 Å².